The van der Waals surface area contributed by atoms with Gasteiger partial charge in [-0.3, -0.25) is 29.6 Å². The Morgan fingerprint density at radius 3 is 2.38 bits per heavy atom. The van der Waals surface area contributed by atoms with Crippen LogP contribution >= 0.6 is 11.3 Å². The van der Waals surface area contributed by atoms with E-state index in [2.05, 4.69) is 6.07 Å². The number of aryl methyl sites for hydroxylation is 1. The van der Waals surface area contributed by atoms with Crippen molar-refractivity contribution in [1.82, 2.24) is 4.57 Å². The molecule has 0 unspecified atom stereocenters. The quantitative estimate of drug-likeness (QED) is 0.290. The molecule has 1 atom stereocenters. The summed E-state index contributed by atoms with van der Waals surface area (Å²) in [5.74, 6) is -0.366. The molecule has 3 aromatic carbocycles. The normalized spacial score (nSPS) is 16.0. The molecule has 11 nitrogen and oxygen atoms in total. The minimum atomic E-state index is -1.04. The van der Waals surface area contributed by atoms with Crippen molar-refractivity contribution >= 4 is 34.5 Å². The number of benzene rings is 3. The van der Waals surface area contributed by atoms with Crippen molar-refractivity contribution in [3.05, 3.63) is 128 Å². The Balaban J connectivity index is 1.60. The SMILES string of the molecule is COc1ccc([C@H]2C3=C(N=c4s/c(=C\c5cc([N+](=O)[O-])c(O)c([N+](=O)[O-])c5)c(=O)n42)c2ccccc2CC3)cc1. The maximum Gasteiger partial charge on any atom is 0.318 e. The first kappa shape index (κ1) is 25.2. The molecule has 1 aliphatic carbocycles. The van der Waals surface area contributed by atoms with Crippen LogP contribution in [0.5, 0.6) is 11.5 Å². The first-order valence-electron chi connectivity index (χ1n) is 12.2. The maximum absolute atomic E-state index is 13.9. The first-order chi connectivity index (χ1) is 19.3. The van der Waals surface area contributed by atoms with Gasteiger partial charge in [-0.25, -0.2) is 4.99 Å². The molecule has 4 aromatic rings. The molecule has 1 aromatic heterocycles. The molecule has 0 spiro atoms. The van der Waals surface area contributed by atoms with Gasteiger partial charge >= 0.3 is 11.4 Å². The molecule has 200 valence electrons. The van der Waals surface area contributed by atoms with Crippen molar-refractivity contribution in [3.63, 3.8) is 0 Å². The molecular formula is C28H20N4O7S. The minimum absolute atomic E-state index is 0.0385. The number of nitro benzene ring substituents is 2. The zero-order chi connectivity index (χ0) is 28.1. The smallest absolute Gasteiger partial charge is 0.318 e. The van der Waals surface area contributed by atoms with Crippen molar-refractivity contribution in [1.29, 1.82) is 0 Å². The van der Waals surface area contributed by atoms with Crippen LogP contribution in [0.25, 0.3) is 11.8 Å². The zero-order valence-electron chi connectivity index (χ0n) is 20.9. The molecule has 40 heavy (non-hydrogen) atoms. The lowest BCUT2D eigenvalue weighted by atomic mass is 9.83. The number of phenolic OH excluding ortho intramolecular Hbond substituents is 1. The third-order valence-electron chi connectivity index (χ3n) is 7.09. The summed E-state index contributed by atoms with van der Waals surface area (Å²) in [6.45, 7) is 0. The Hall–Kier alpha value is -5.10. The number of methoxy groups -OCH3 is 1. The highest BCUT2D eigenvalue weighted by atomic mass is 32.1. The Kier molecular flexibility index (Phi) is 6.03. The minimum Gasteiger partial charge on any atom is -0.497 e. The van der Waals surface area contributed by atoms with Crippen LogP contribution in [0.1, 0.15) is 34.7 Å². The van der Waals surface area contributed by atoms with E-state index in [9.17, 15) is 30.1 Å². The highest BCUT2D eigenvalue weighted by molar-refractivity contribution is 7.07. The van der Waals surface area contributed by atoms with Crippen LogP contribution in [-0.2, 0) is 6.42 Å². The lowest BCUT2D eigenvalue weighted by molar-refractivity contribution is -0.396. The van der Waals surface area contributed by atoms with Gasteiger partial charge in [-0.1, -0.05) is 47.7 Å². The van der Waals surface area contributed by atoms with E-state index in [4.69, 9.17) is 9.73 Å². The molecule has 1 N–H and O–H groups in total. The van der Waals surface area contributed by atoms with Gasteiger partial charge in [-0.15, -0.1) is 0 Å². The van der Waals surface area contributed by atoms with Crippen LogP contribution in [0, 0.1) is 20.2 Å². The van der Waals surface area contributed by atoms with Gasteiger partial charge in [0.2, 0.25) is 0 Å². The fourth-order valence-corrected chi connectivity index (χ4v) is 6.25. The number of phenols is 1. The van der Waals surface area contributed by atoms with Crippen LogP contribution in [-0.4, -0.2) is 26.6 Å². The van der Waals surface area contributed by atoms with Gasteiger partial charge in [0.15, 0.2) is 4.80 Å². The highest BCUT2D eigenvalue weighted by Crippen LogP contribution is 2.41. The molecule has 1 aliphatic heterocycles. The predicted octanol–water partition coefficient (Wildman–Crippen LogP) is 3.85. The van der Waals surface area contributed by atoms with Crippen molar-refractivity contribution < 1.29 is 19.7 Å². The monoisotopic (exact) mass is 556 g/mol. The lowest BCUT2D eigenvalue weighted by Gasteiger charge is -2.30. The predicted molar refractivity (Wildman–Crippen MR) is 147 cm³/mol. The van der Waals surface area contributed by atoms with Crippen molar-refractivity contribution in [2.75, 3.05) is 7.11 Å². The Bertz CT molecular complexity index is 1910. The number of nitrogens with zero attached hydrogens (tertiary/aromatic N) is 4. The second kappa shape index (κ2) is 9.58. The zero-order valence-corrected chi connectivity index (χ0v) is 21.8. The van der Waals surface area contributed by atoms with Gasteiger partial charge < -0.3 is 9.84 Å². The van der Waals surface area contributed by atoms with Gasteiger partial charge in [-0.2, -0.15) is 0 Å². The van der Waals surface area contributed by atoms with Crippen LogP contribution < -0.4 is 19.6 Å². The van der Waals surface area contributed by atoms with E-state index in [1.54, 1.807) is 11.7 Å². The number of aromatic nitrogens is 1. The summed E-state index contributed by atoms with van der Waals surface area (Å²) in [5, 5.41) is 32.9. The third kappa shape index (κ3) is 4.05. The molecule has 2 heterocycles. The van der Waals surface area contributed by atoms with Crippen molar-refractivity contribution in [2.24, 2.45) is 4.99 Å². The average Bonchev–Trinajstić information content (AvgIpc) is 3.26. The summed E-state index contributed by atoms with van der Waals surface area (Å²) in [7, 11) is 1.58. The van der Waals surface area contributed by atoms with Crippen LogP contribution in [0.15, 0.2) is 76.0 Å². The fourth-order valence-electron chi connectivity index (χ4n) is 5.25. The summed E-state index contributed by atoms with van der Waals surface area (Å²) in [6, 6.07) is 17.0. The van der Waals surface area contributed by atoms with Crippen LogP contribution in [0.3, 0.4) is 0 Å². The molecule has 2 aliphatic rings. The van der Waals surface area contributed by atoms with Gasteiger partial charge in [0, 0.05) is 17.7 Å². The largest absolute Gasteiger partial charge is 0.497 e. The number of hydrogen-bond donors (Lipinski definition) is 1. The van der Waals surface area contributed by atoms with Gasteiger partial charge in [0.05, 0.1) is 33.2 Å². The number of allylic oxidation sites excluding steroid dienone is 1. The summed E-state index contributed by atoms with van der Waals surface area (Å²) in [6.07, 6.45) is 2.85. The van der Waals surface area contributed by atoms with Gasteiger partial charge in [0.25, 0.3) is 11.3 Å². The molecule has 0 radical (unpaired) electrons. The Morgan fingerprint density at radius 1 is 1.05 bits per heavy atom. The number of thiazole rings is 1. The van der Waals surface area contributed by atoms with E-state index in [1.807, 2.05) is 42.5 Å². The van der Waals surface area contributed by atoms with Crippen molar-refractivity contribution in [2.45, 2.75) is 18.9 Å². The summed E-state index contributed by atoms with van der Waals surface area (Å²) >= 11 is 1.09. The molecule has 0 amide bonds. The fraction of sp³-hybridized carbons (Fsp3) is 0.143. The van der Waals surface area contributed by atoms with E-state index >= 15 is 0 Å². The number of aromatic hydroxyl groups is 1. The van der Waals surface area contributed by atoms with E-state index in [1.165, 1.54) is 11.6 Å². The second-order valence-electron chi connectivity index (χ2n) is 9.31. The molecule has 0 fully saturated rings. The van der Waals surface area contributed by atoms with E-state index < -0.39 is 33.0 Å². The number of hydrogen-bond acceptors (Lipinski definition) is 9. The molecule has 0 saturated carbocycles. The van der Waals surface area contributed by atoms with Crippen molar-refractivity contribution in [3.8, 4) is 11.5 Å². The number of rotatable bonds is 5. The standard InChI is InChI=1S/C28H20N4O7S/c1-39-18-9-6-17(7-10-18)25-20-11-8-16-4-2-3-5-19(16)24(20)29-28-30(25)27(34)23(40-28)14-15-12-21(31(35)36)26(33)22(13-15)32(37)38/h2-7,9-10,12-14,25,33H,8,11H2,1H3/b23-14-/t25-/m0/s1. The summed E-state index contributed by atoms with van der Waals surface area (Å²) in [4.78, 5) is 40.3. The first-order valence-corrected chi connectivity index (χ1v) is 13.0. The van der Waals surface area contributed by atoms with Gasteiger partial charge in [-0.05, 0) is 53.3 Å². The molecule has 6 rings (SSSR count). The second-order valence-corrected chi connectivity index (χ2v) is 10.3. The van der Waals surface area contributed by atoms with Crippen LogP contribution in [0.4, 0.5) is 11.4 Å². The molecule has 12 heteroatoms. The van der Waals surface area contributed by atoms with E-state index in [-0.39, 0.29) is 15.7 Å². The number of ether oxygens (including phenoxy) is 1. The topological polar surface area (TPSA) is 150 Å². The van der Waals surface area contributed by atoms with E-state index in [0.29, 0.717) is 17.0 Å². The third-order valence-corrected chi connectivity index (χ3v) is 8.07. The van der Waals surface area contributed by atoms with Crippen LogP contribution in [0.2, 0.25) is 0 Å². The Labute approximate surface area is 229 Å². The summed E-state index contributed by atoms with van der Waals surface area (Å²) in [5.41, 5.74) is 2.86. The average molecular weight is 557 g/mol. The maximum atomic E-state index is 13.9. The Morgan fingerprint density at radius 2 is 1.73 bits per heavy atom. The number of nitro groups is 2. The molecule has 0 bridgehead atoms. The van der Waals surface area contributed by atoms with E-state index in [0.717, 1.165) is 52.3 Å². The molecule has 0 saturated heterocycles. The van der Waals surface area contributed by atoms with Gasteiger partial charge in [0.1, 0.15) is 5.75 Å². The lowest BCUT2D eigenvalue weighted by Crippen LogP contribution is -2.38. The number of fused-ring (bicyclic) bond motifs is 3. The molecular weight excluding hydrogens is 536 g/mol. The summed E-state index contributed by atoms with van der Waals surface area (Å²) < 4.78 is 7.12. The highest BCUT2D eigenvalue weighted by Gasteiger charge is 2.33.